The van der Waals surface area contributed by atoms with Crippen LogP contribution < -0.4 is 0 Å². The molecule has 7 heteroatoms. The van der Waals surface area contributed by atoms with Gasteiger partial charge in [-0.3, -0.25) is 4.79 Å². The highest BCUT2D eigenvalue weighted by Gasteiger charge is 2.38. The number of halogens is 4. The third-order valence-corrected chi connectivity index (χ3v) is 5.32. The Balaban J connectivity index is 1.82. The summed E-state index contributed by atoms with van der Waals surface area (Å²) in [7, 11) is 0. The number of carbonyl (C=O) groups excluding carboxylic acids is 1. The van der Waals surface area contributed by atoms with Gasteiger partial charge in [0.15, 0.2) is 0 Å². The van der Waals surface area contributed by atoms with Crippen LogP contribution in [0.4, 0.5) is 13.2 Å². The largest absolute Gasteiger partial charge is 0.417 e. The average Bonchev–Trinajstić information content (AvgIpc) is 3.18. The molecule has 1 atom stereocenters. The molecule has 0 spiro atoms. The van der Waals surface area contributed by atoms with Crippen LogP contribution in [0.3, 0.4) is 0 Å². The summed E-state index contributed by atoms with van der Waals surface area (Å²) < 4.78 is 40.2. The van der Waals surface area contributed by atoms with Crippen LogP contribution in [0, 0.1) is 0 Å². The van der Waals surface area contributed by atoms with Crippen molar-refractivity contribution in [1.29, 1.82) is 0 Å². The summed E-state index contributed by atoms with van der Waals surface area (Å²) in [6.07, 6.45) is -0.515. The van der Waals surface area contributed by atoms with E-state index in [0.29, 0.717) is 11.0 Å². The summed E-state index contributed by atoms with van der Waals surface area (Å²) in [6.45, 7) is 3.34. The van der Waals surface area contributed by atoms with E-state index in [2.05, 4.69) is 20.8 Å². The quantitative estimate of drug-likeness (QED) is 0.754. The maximum Gasteiger partial charge on any atom is 0.417 e. The molecule has 2 saturated heterocycles. The zero-order valence-corrected chi connectivity index (χ0v) is 14.9. The molecule has 2 aliphatic heterocycles. The monoisotopic (exact) mass is 404 g/mol. The molecule has 2 heterocycles. The van der Waals surface area contributed by atoms with Crippen LogP contribution in [0.25, 0.3) is 0 Å². The number of alkyl halides is 3. The third-order valence-electron chi connectivity index (χ3n) is 4.82. The van der Waals surface area contributed by atoms with Gasteiger partial charge < -0.3 is 9.80 Å². The van der Waals surface area contributed by atoms with Crippen LogP contribution in [0.1, 0.15) is 41.6 Å². The number of rotatable bonds is 3. The molecule has 2 aliphatic rings. The summed E-state index contributed by atoms with van der Waals surface area (Å²) in [5.41, 5.74) is -1.12. The molecule has 24 heavy (non-hydrogen) atoms. The fourth-order valence-corrected chi connectivity index (χ4v) is 4.01. The first kappa shape index (κ1) is 17.7. The van der Waals surface area contributed by atoms with E-state index >= 15 is 0 Å². The first-order chi connectivity index (χ1) is 11.4. The molecule has 2 fully saturated rings. The lowest BCUT2D eigenvalue weighted by Crippen LogP contribution is -2.43. The Bertz CT molecular complexity index is 614. The number of carbonyl (C=O) groups is 1. The van der Waals surface area contributed by atoms with Crippen molar-refractivity contribution in [2.45, 2.75) is 37.9 Å². The molecule has 0 bridgehead atoms. The summed E-state index contributed by atoms with van der Waals surface area (Å²) >= 11 is 3.06. The van der Waals surface area contributed by atoms with Gasteiger partial charge in [-0.25, -0.2) is 0 Å². The normalized spacial score (nSPS) is 22.3. The van der Waals surface area contributed by atoms with E-state index in [0.717, 1.165) is 51.4 Å². The second-order valence-electron chi connectivity index (χ2n) is 6.49. The second kappa shape index (κ2) is 7.04. The zero-order chi connectivity index (χ0) is 17.3. The van der Waals surface area contributed by atoms with Gasteiger partial charge in [0.25, 0.3) is 5.91 Å². The van der Waals surface area contributed by atoms with Crippen molar-refractivity contribution in [2.24, 2.45) is 0 Å². The van der Waals surface area contributed by atoms with Crippen molar-refractivity contribution >= 4 is 21.8 Å². The highest BCUT2D eigenvalue weighted by atomic mass is 79.9. The van der Waals surface area contributed by atoms with Gasteiger partial charge >= 0.3 is 6.18 Å². The number of hydrogen-bond donors (Lipinski definition) is 0. The van der Waals surface area contributed by atoms with Crippen LogP contribution in [0.2, 0.25) is 0 Å². The van der Waals surface area contributed by atoms with Crippen molar-refractivity contribution in [3.8, 4) is 0 Å². The molecule has 1 amide bonds. The Morgan fingerprint density at radius 3 is 2.54 bits per heavy atom. The van der Waals surface area contributed by atoms with Gasteiger partial charge in [0.1, 0.15) is 0 Å². The Morgan fingerprint density at radius 2 is 1.88 bits per heavy atom. The number of nitrogens with zero attached hydrogens (tertiary/aromatic N) is 2. The van der Waals surface area contributed by atoms with Crippen molar-refractivity contribution in [3.63, 3.8) is 0 Å². The van der Waals surface area contributed by atoms with Gasteiger partial charge in [0, 0.05) is 23.6 Å². The van der Waals surface area contributed by atoms with Crippen molar-refractivity contribution in [1.82, 2.24) is 9.80 Å². The highest BCUT2D eigenvalue weighted by Crippen LogP contribution is 2.35. The van der Waals surface area contributed by atoms with Crippen molar-refractivity contribution in [2.75, 3.05) is 26.2 Å². The predicted molar refractivity (Wildman–Crippen MR) is 88.9 cm³/mol. The zero-order valence-electron chi connectivity index (χ0n) is 13.3. The molecule has 0 radical (unpaired) electrons. The molecule has 3 rings (SSSR count). The van der Waals surface area contributed by atoms with E-state index in [1.165, 1.54) is 12.1 Å². The molecule has 1 aromatic carbocycles. The fraction of sp³-hybridized carbons (Fsp3) is 0.588. The number of benzene rings is 1. The summed E-state index contributed by atoms with van der Waals surface area (Å²) in [4.78, 5) is 16.7. The van der Waals surface area contributed by atoms with E-state index in [1.807, 2.05) is 0 Å². The van der Waals surface area contributed by atoms with Gasteiger partial charge in [-0.15, -0.1) is 0 Å². The Labute approximate surface area is 147 Å². The Morgan fingerprint density at radius 1 is 1.17 bits per heavy atom. The topological polar surface area (TPSA) is 23.6 Å². The lowest BCUT2D eigenvalue weighted by molar-refractivity contribution is -0.138. The molecule has 132 valence electrons. The van der Waals surface area contributed by atoms with E-state index in [1.54, 1.807) is 4.90 Å². The van der Waals surface area contributed by atoms with Gasteiger partial charge in [0.2, 0.25) is 0 Å². The molecule has 3 nitrogen and oxygen atoms in total. The molecular weight excluding hydrogens is 385 g/mol. The lowest BCUT2D eigenvalue weighted by Gasteiger charge is -2.29. The van der Waals surface area contributed by atoms with Crippen molar-refractivity contribution in [3.05, 3.63) is 33.8 Å². The third kappa shape index (κ3) is 3.77. The van der Waals surface area contributed by atoms with E-state index in [9.17, 15) is 18.0 Å². The maximum atomic E-state index is 13.3. The molecule has 0 N–H and O–H groups in total. The van der Waals surface area contributed by atoms with Crippen molar-refractivity contribution < 1.29 is 18.0 Å². The lowest BCUT2D eigenvalue weighted by atomic mass is 10.1. The van der Waals surface area contributed by atoms with E-state index in [-0.39, 0.29) is 11.6 Å². The SMILES string of the molecule is O=C(c1ccc(Br)cc1C(F)(F)F)N1CCCC1CN1CCCC1. The Kier molecular flexibility index (Phi) is 5.20. The minimum absolute atomic E-state index is 0.0142. The summed E-state index contributed by atoms with van der Waals surface area (Å²) in [5, 5.41) is 0. The first-order valence-electron chi connectivity index (χ1n) is 8.26. The van der Waals surface area contributed by atoms with Crippen LogP contribution in [0.15, 0.2) is 22.7 Å². The van der Waals surface area contributed by atoms with Gasteiger partial charge in [-0.1, -0.05) is 15.9 Å². The standard InChI is InChI=1S/C17H20BrF3N2O/c18-12-5-6-14(15(10-12)17(19,20)21)16(24)23-9-3-4-13(23)11-22-7-1-2-8-22/h5-6,10,13H,1-4,7-9,11H2. The molecule has 0 saturated carbocycles. The molecule has 1 unspecified atom stereocenters. The smallest absolute Gasteiger partial charge is 0.334 e. The minimum Gasteiger partial charge on any atom is -0.334 e. The number of hydrogen-bond acceptors (Lipinski definition) is 2. The first-order valence-corrected chi connectivity index (χ1v) is 9.05. The molecule has 0 aliphatic carbocycles. The predicted octanol–water partition coefficient (Wildman–Crippen LogP) is 4.17. The van der Waals surface area contributed by atoms with Gasteiger partial charge in [-0.05, 0) is 57.0 Å². The Hall–Kier alpha value is -1.08. The van der Waals surface area contributed by atoms with Crippen LogP contribution in [0.5, 0.6) is 0 Å². The van der Waals surface area contributed by atoms with Crippen LogP contribution >= 0.6 is 15.9 Å². The average molecular weight is 405 g/mol. The number of likely N-dealkylation sites (tertiary alicyclic amines) is 2. The maximum absolute atomic E-state index is 13.3. The van der Waals surface area contributed by atoms with E-state index < -0.39 is 17.6 Å². The fourth-order valence-electron chi connectivity index (χ4n) is 3.65. The number of amides is 1. The molecular formula is C17H20BrF3N2O. The van der Waals surface area contributed by atoms with Crippen LogP contribution in [-0.4, -0.2) is 47.9 Å². The van der Waals surface area contributed by atoms with Crippen LogP contribution in [-0.2, 0) is 6.18 Å². The van der Waals surface area contributed by atoms with E-state index in [4.69, 9.17) is 0 Å². The molecule has 1 aromatic rings. The summed E-state index contributed by atoms with van der Waals surface area (Å²) in [6, 6.07) is 3.77. The summed E-state index contributed by atoms with van der Waals surface area (Å²) in [5.74, 6) is -0.503. The van der Waals surface area contributed by atoms with Gasteiger partial charge in [-0.2, -0.15) is 13.2 Å². The molecule has 0 aromatic heterocycles. The highest BCUT2D eigenvalue weighted by molar-refractivity contribution is 9.10. The second-order valence-corrected chi connectivity index (χ2v) is 7.41. The van der Waals surface area contributed by atoms with Gasteiger partial charge in [0.05, 0.1) is 11.1 Å². The minimum atomic E-state index is -4.54.